The summed E-state index contributed by atoms with van der Waals surface area (Å²) in [6, 6.07) is 13.9. The van der Waals surface area contributed by atoms with Crippen LogP contribution in [0.4, 0.5) is 18.9 Å². The Morgan fingerprint density at radius 2 is 1.85 bits per heavy atom. The molecule has 209 valence electrons. The van der Waals surface area contributed by atoms with E-state index in [4.69, 9.17) is 0 Å². The first kappa shape index (κ1) is 26.4. The van der Waals surface area contributed by atoms with Crippen molar-refractivity contribution in [2.45, 2.75) is 37.5 Å². The lowest BCUT2D eigenvalue weighted by Gasteiger charge is -2.21. The number of aliphatic imine (C=N–C) groups is 1. The second-order valence-corrected chi connectivity index (χ2v) is 11.8. The van der Waals surface area contributed by atoms with Gasteiger partial charge in [0.15, 0.2) is 11.0 Å². The third-order valence-corrected chi connectivity index (χ3v) is 9.19. The van der Waals surface area contributed by atoms with E-state index < -0.39 is 11.9 Å². The third-order valence-electron chi connectivity index (χ3n) is 8.08. The molecular formula is C31H28F3N6S. The van der Waals surface area contributed by atoms with Gasteiger partial charge < -0.3 is 9.47 Å². The lowest BCUT2D eigenvalue weighted by atomic mass is 9.90. The van der Waals surface area contributed by atoms with E-state index in [0.717, 1.165) is 94.5 Å². The molecule has 2 aromatic carbocycles. The number of pyridine rings is 1. The molecule has 1 aliphatic carbocycles. The van der Waals surface area contributed by atoms with Gasteiger partial charge >= 0.3 is 6.18 Å². The highest BCUT2D eigenvalue weighted by Crippen LogP contribution is 2.54. The maximum Gasteiger partial charge on any atom is 0.430 e. The molecule has 41 heavy (non-hydrogen) atoms. The molecular weight excluding hydrogens is 545 g/mol. The van der Waals surface area contributed by atoms with Crippen LogP contribution in [0.3, 0.4) is 0 Å². The van der Waals surface area contributed by atoms with Crippen LogP contribution >= 0.6 is 11.8 Å². The first-order valence-electron chi connectivity index (χ1n) is 13.8. The van der Waals surface area contributed by atoms with Gasteiger partial charge in [-0.3, -0.25) is 4.98 Å². The van der Waals surface area contributed by atoms with E-state index in [-0.39, 0.29) is 5.92 Å². The highest BCUT2D eigenvalue weighted by molar-refractivity contribution is 7.99. The normalized spacial score (nSPS) is 17.0. The van der Waals surface area contributed by atoms with Gasteiger partial charge in [-0.1, -0.05) is 42.1 Å². The molecule has 0 fully saturated rings. The van der Waals surface area contributed by atoms with Crippen molar-refractivity contribution >= 4 is 39.6 Å². The summed E-state index contributed by atoms with van der Waals surface area (Å²) in [6.07, 6.45) is -0.0824. The summed E-state index contributed by atoms with van der Waals surface area (Å²) in [5, 5.41) is 10.9. The Morgan fingerprint density at radius 3 is 2.71 bits per heavy atom. The van der Waals surface area contributed by atoms with Crippen molar-refractivity contribution in [3.8, 4) is 11.4 Å². The number of rotatable bonds is 6. The summed E-state index contributed by atoms with van der Waals surface area (Å²) >= 11 is 1.71. The number of benzene rings is 2. The number of hydrogen-bond donors (Lipinski definition) is 0. The Morgan fingerprint density at radius 1 is 1.00 bits per heavy atom. The van der Waals surface area contributed by atoms with E-state index in [1.54, 1.807) is 23.9 Å². The number of hydrogen-bond acceptors (Lipinski definition) is 6. The first-order valence-corrected chi connectivity index (χ1v) is 14.8. The number of fused-ring (bicyclic) bond motifs is 6. The van der Waals surface area contributed by atoms with Crippen LogP contribution < -0.4 is 0 Å². The lowest BCUT2D eigenvalue weighted by molar-refractivity contribution is -0.0585. The summed E-state index contributed by atoms with van der Waals surface area (Å²) in [7, 11) is 2.00. The fraction of sp³-hybridized carbons (Fsp3) is 0.323. The van der Waals surface area contributed by atoms with Gasteiger partial charge in [0.05, 0.1) is 17.1 Å². The molecule has 0 N–H and O–H groups in total. The van der Waals surface area contributed by atoms with E-state index in [9.17, 15) is 13.2 Å². The molecule has 4 heterocycles. The summed E-state index contributed by atoms with van der Waals surface area (Å²) in [6.45, 7) is 4.77. The van der Waals surface area contributed by atoms with Crippen LogP contribution in [0.15, 0.2) is 58.7 Å². The van der Waals surface area contributed by atoms with E-state index in [2.05, 4.69) is 41.8 Å². The SMILES string of the molecule is Cc1ccc2c(-c3nnc(SCCCN4CCc5ccc6c(c5CC4)C4=C[C]4C(C(F)(F)F)=N6)n3C)cccc2n1. The molecule has 0 saturated heterocycles. The minimum absolute atomic E-state index is 0.260. The van der Waals surface area contributed by atoms with Gasteiger partial charge in [-0.2, -0.15) is 13.2 Å². The third kappa shape index (κ3) is 4.86. The Kier molecular flexibility index (Phi) is 6.50. The summed E-state index contributed by atoms with van der Waals surface area (Å²) in [4.78, 5) is 11.1. The first-order chi connectivity index (χ1) is 19.8. The number of thioether (sulfide) groups is 1. The molecule has 0 atom stereocenters. The van der Waals surface area contributed by atoms with Gasteiger partial charge in [0.2, 0.25) is 0 Å². The zero-order valence-electron chi connectivity index (χ0n) is 22.8. The van der Waals surface area contributed by atoms with E-state index in [1.807, 2.05) is 38.2 Å². The molecule has 0 bridgehead atoms. The smallest absolute Gasteiger partial charge is 0.305 e. The minimum atomic E-state index is -4.42. The van der Waals surface area contributed by atoms with Crippen molar-refractivity contribution in [1.29, 1.82) is 0 Å². The fourth-order valence-electron chi connectivity index (χ4n) is 5.96. The Bertz CT molecular complexity index is 1740. The maximum atomic E-state index is 13.4. The number of halogens is 3. The Hall–Kier alpha value is -3.50. The average molecular weight is 574 g/mol. The van der Waals surface area contributed by atoms with E-state index >= 15 is 0 Å². The molecule has 2 aromatic heterocycles. The van der Waals surface area contributed by atoms with E-state index in [0.29, 0.717) is 5.69 Å². The number of aromatic nitrogens is 4. The maximum absolute atomic E-state index is 13.4. The molecule has 0 saturated carbocycles. The number of aryl methyl sites for hydroxylation is 1. The molecule has 0 amide bonds. The predicted molar refractivity (Wildman–Crippen MR) is 156 cm³/mol. The summed E-state index contributed by atoms with van der Waals surface area (Å²) < 4.78 is 42.2. The Labute approximate surface area is 240 Å². The number of alkyl halides is 3. The van der Waals surface area contributed by atoms with Crippen molar-refractivity contribution in [3.63, 3.8) is 0 Å². The monoisotopic (exact) mass is 573 g/mol. The zero-order chi connectivity index (χ0) is 28.3. The second-order valence-electron chi connectivity index (χ2n) is 10.8. The zero-order valence-corrected chi connectivity index (χ0v) is 23.6. The minimum Gasteiger partial charge on any atom is -0.305 e. The van der Waals surface area contributed by atoms with Crippen LogP contribution in [0.2, 0.25) is 0 Å². The molecule has 10 heteroatoms. The molecule has 2 aliphatic heterocycles. The highest BCUT2D eigenvalue weighted by Gasteiger charge is 2.50. The van der Waals surface area contributed by atoms with Gasteiger partial charge in [-0.25, -0.2) is 4.99 Å². The molecule has 6 nitrogen and oxygen atoms in total. The van der Waals surface area contributed by atoms with Crippen molar-refractivity contribution in [3.05, 3.63) is 76.8 Å². The topological polar surface area (TPSA) is 59.2 Å². The molecule has 4 aromatic rings. The molecule has 3 aliphatic rings. The largest absolute Gasteiger partial charge is 0.430 e. The number of nitrogens with zero attached hydrogens (tertiary/aromatic N) is 6. The molecule has 7 rings (SSSR count). The van der Waals surface area contributed by atoms with Crippen molar-refractivity contribution in [1.82, 2.24) is 24.6 Å². The molecule has 0 unspecified atom stereocenters. The fourth-order valence-corrected chi connectivity index (χ4v) is 6.80. The van der Waals surface area contributed by atoms with Crippen LogP contribution in [0.1, 0.15) is 28.8 Å². The average Bonchev–Trinajstić information content (AvgIpc) is 3.70. The van der Waals surface area contributed by atoms with Crippen LogP contribution in [-0.2, 0) is 19.9 Å². The van der Waals surface area contributed by atoms with Gasteiger partial charge in [-0.15, -0.1) is 10.2 Å². The second kappa shape index (κ2) is 10.1. The summed E-state index contributed by atoms with van der Waals surface area (Å²) in [5.41, 5.74) is 6.68. The van der Waals surface area contributed by atoms with Crippen LogP contribution in [0.5, 0.6) is 0 Å². The van der Waals surface area contributed by atoms with Crippen LogP contribution in [-0.4, -0.2) is 61.9 Å². The van der Waals surface area contributed by atoms with Crippen molar-refractivity contribution < 1.29 is 13.2 Å². The van der Waals surface area contributed by atoms with Crippen LogP contribution in [0.25, 0.3) is 27.9 Å². The van der Waals surface area contributed by atoms with Gasteiger partial charge in [0, 0.05) is 48.1 Å². The summed E-state index contributed by atoms with van der Waals surface area (Å²) in [5.74, 6) is 2.01. The van der Waals surface area contributed by atoms with Gasteiger partial charge in [-0.05, 0) is 67.6 Å². The quantitative estimate of drug-likeness (QED) is 0.194. The lowest BCUT2D eigenvalue weighted by Crippen LogP contribution is -2.28. The predicted octanol–water partition coefficient (Wildman–Crippen LogP) is 6.54. The van der Waals surface area contributed by atoms with Crippen LogP contribution in [0, 0.1) is 12.8 Å². The van der Waals surface area contributed by atoms with Gasteiger partial charge in [0.25, 0.3) is 0 Å². The van der Waals surface area contributed by atoms with Crippen molar-refractivity contribution in [2.24, 2.45) is 12.0 Å². The van der Waals surface area contributed by atoms with E-state index in [1.165, 1.54) is 5.56 Å². The molecule has 1 radical (unpaired) electrons. The molecule has 0 spiro atoms. The number of allylic oxidation sites excluding steroid dienone is 2. The highest BCUT2D eigenvalue weighted by atomic mass is 32.2. The van der Waals surface area contributed by atoms with Crippen molar-refractivity contribution in [2.75, 3.05) is 25.4 Å². The Balaban J connectivity index is 0.978. The standard InChI is InChI=1S/C31H28F3N6S/c1-18-7-9-21-22(5-3-6-25(21)35-18)29-37-38-30(39(29)2)41-16-4-13-40-14-11-19-8-10-26-27(20(19)12-15-40)23-17-24(23)28(36-26)31(32,33)34/h3,5-10,17H,4,11-16H2,1-2H3. The van der Waals surface area contributed by atoms with Gasteiger partial charge in [0.1, 0.15) is 5.71 Å².